The maximum atomic E-state index is 12.5. The highest BCUT2D eigenvalue weighted by Gasteiger charge is 2.40. The summed E-state index contributed by atoms with van der Waals surface area (Å²) in [6, 6.07) is 3.76. The Hall–Kier alpha value is -1.46. The van der Waals surface area contributed by atoms with Crippen LogP contribution >= 0.6 is 0 Å². The summed E-state index contributed by atoms with van der Waals surface area (Å²) in [5, 5.41) is 6.27. The number of hydrogen-bond donors (Lipinski definition) is 2. The fraction of sp³-hybridized carbons (Fsp3) is 0.571. The SMILES string of the molecule is COC1(C(=O)N[C@@H](C)c2cccnc2)CCNCC1. The summed E-state index contributed by atoms with van der Waals surface area (Å²) in [6.45, 7) is 3.57. The molecule has 1 aromatic heterocycles. The molecule has 104 valence electrons. The highest BCUT2D eigenvalue weighted by Crippen LogP contribution is 2.24. The van der Waals surface area contributed by atoms with Crippen molar-refractivity contribution in [3.63, 3.8) is 0 Å². The number of hydrogen-bond acceptors (Lipinski definition) is 4. The van der Waals surface area contributed by atoms with E-state index >= 15 is 0 Å². The van der Waals surface area contributed by atoms with E-state index in [1.807, 2.05) is 19.1 Å². The van der Waals surface area contributed by atoms with Crippen LogP contribution in [0.3, 0.4) is 0 Å². The van der Waals surface area contributed by atoms with Crippen LogP contribution in [0.15, 0.2) is 24.5 Å². The van der Waals surface area contributed by atoms with Gasteiger partial charge < -0.3 is 15.4 Å². The van der Waals surface area contributed by atoms with Gasteiger partial charge in [0, 0.05) is 19.5 Å². The van der Waals surface area contributed by atoms with Crippen molar-refractivity contribution in [3.05, 3.63) is 30.1 Å². The average molecular weight is 263 g/mol. The summed E-state index contributed by atoms with van der Waals surface area (Å²) in [5.74, 6) is -0.0344. The second-order valence-electron chi connectivity index (χ2n) is 4.93. The van der Waals surface area contributed by atoms with Gasteiger partial charge in [0.15, 0.2) is 0 Å². The number of aromatic nitrogens is 1. The molecule has 0 aliphatic carbocycles. The van der Waals surface area contributed by atoms with Crippen molar-refractivity contribution in [1.82, 2.24) is 15.6 Å². The number of amides is 1. The number of methoxy groups -OCH3 is 1. The Bertz CT molecular complexity index is 416. The highest BCUT2D eigenvalue weighted by atomic mass is 16.5. The minimum atomic E-state index is -0.693. The Labute approximate surface area is 113 Å². The van der Waals surface area contributed by atoms with Crippen LogP contribution < -0.4 is 10.6 Å². The smallest absolute Gasteiger partial charge is 0.252 e. The average Bonchev–Trinajstić information content (AvgIpc) is 2.48. The Morgan fingerprint density at radius 2 is 2.26 bits per heavy atom. The number of nitrogens with zero attached hydrogens (tertiary/aromatic N) is 1. The van der Waals surface area contributed by atoms with Gasteiger partial charge in [-0.3, -0.25) is 9.78 Å². The molecule has 0 bridgehead atoms. The van der Waals surface area contributed by atoms with Gasteiger partial charge in [0.2, 0.25) is 0 Å². The predicted octanol–water partition coefficient (Wildman–Crippen LogP) is 1.03. The molecule has 0 unspecified atom stereocenters. The van der Waals surface area contributed by atoms with Gasteiger partial charge in [0.1, 0.15) is 5.60 Å². The number of nitrogens with one attached hydrogen (secondary N) is 2. The molecule has 1 amide bonds. The second kappa shape index (κ2) is 6.12. The van der Waals surface area contributed by atoms with Crippen molar-refractivity contribution in [1.29, 1.82) is 0 Å². The lowest BCUT2D eigenvalue weighted by Gasteiger charge is -2.35. The number of ether oxygens (including phenoxy) is 1. The summed E-state index contributed by atoms with van der Waals surface area (Å²) >= 11 is 0. The molecular weight excluding hydrogens is 242 g/mol. The zero-order chi connectivity index (χ0) is 13.7. The minimum Gasteiger partial charge on any atom is -0.368 e. The molecule has 0 radical (unpaired) electrons. The van der Waals surface area contributed by atoms with Crippen molar-refractivity contribution in [2.24, 2.45) is 0 Å². The Balaban J connectivity index is 2.03. The Morgan fingerprint density at radius 3 is 2.84 bits per heavy atom. The van der Waals surface area contributed by atoms with E-state index in [-0.39, 0.29) is 11.9 Å². The van der Waals surface area contributed by atoms with Crippen LogP contribution in [-0.4, -0.2) is 36.7 Å². The van der Waals surface area contributed by atoms with Gasteiger partial charge in [-0.25, -0.2) is 0 Å². The standard InChI is InChI=1S/C14H21N3O2/c1-11(12-4-3-7-16-10-12)17-13(18)14(19-2)5-8-15-9-6-14/h3-4,7,10-11,15H,5-6,8-9H2,1-2H3,(H,17,18)/t11-/m0/s1. The van der Waals surface area contributed by atoms with Crippen LogP contribution in [0.25, 0.3) is 0 Å². The van der Waals surface area contributed by atoms with E-state index in [4.69, 9.17) is 4.74 Å². The molecule has 0 aromatic carbocycles. The van der Waals surface area contributed by atoms with Crippen molar-refractivity contribution in [2.75, 3.05) is 20.2 Å². The van der Waals surface area contributed by atoms with Gasteiger partial charge in [-0.2, -0.15) is 0 Å². The van der Waals surface area contributed by atoms with Gasteiger partial charge in [-0.1, -0.05) is 6.07 Å². The zero-order valence-electron chi connectivity index (χ0n) is 11.5. The molecule has 1 fully saturated rings. The molecule has 0 spiro atoms. The third kappa shape index (κ3) is 3.11. The molecule has 5 nitrogen and oxygen atoms in total. The van der Waals surface area contributed by atoms with Gasteiger partial charge in [0.05, 0.1) is 6.04 Å². The summed E-state index contributed by atoms with van der Waals surface area (Å²) in [5.41, 5.74) is 0.304. The maximum Gasteiger partial charge on any atom is 0.252 e. The molecule has 1 atom stereocenters. The van der Waals surface area contributed by atoms with Crippen LogP contribution in [0.4, 0.5) is 0 Å². The number of carbonyl (C=O) groups excluding carboxylic acids is 1. The first-order valence-corrected chi connectivity index (χ1v) is 6.65. The number of pyridine rings is 1. The molecule has 0 saturated carbocycles. The number of carbonyl (C=O) groups is 1. The number of piperidine rings is 1. The van der Waals surface area contributed by atoms with E-state index in [0.29, 0.717) is 12.8 Å². The summed E-state index contributed by atoms with van der Waals surface area (Å²) in [6.07, 6.45) is 4.90. The molecule has 19 heavy (non-hydrogen) atoms. The van der Waals surface area contributed by atoms with E-state index in [0.717, 1.165) is 18.7 Å². The normalized spacial score (nSPS) is 19.7. The molecule has 2 rings (SSSR count). The van der Waals surface area contributed by atoms with Gasteiger partial charge >= 0.3 is 0 Å². The first-order chi connectivity index (χ1) is 9.18. The monoisotopic (exact) mass is 263 g/mol. The zero-order valence-corrected chi connectivity index (χ0v) is 11.5. The molecule has 1 aliphatic rings. The number of rotatable bonds is 4. The van der Waals surface area contributed by atoms with Crippen molar-refractivity contribution >= 4 is 5.91 Å². The fourth-order valence-electron chi connectivity index (χ4n) is 2.40. The topological polar surface area (TPSA) is 63.2 Å². The predicted molar refractivity (Wildman–Crippen MR) is 72.6 cm³/mol. The minimum absolute atomic E-state index is 0.0344. The first-order valence-electron chi connectivity index (χ1n) is 6.65. The molecule has 1 aliphatic heterocycles. The van der Waals surface area contributed by atoms with E-state index < -0.39 is 5.60 Å². The summed E-state index contributed by atoms with van der Waals surface area (Å²) in [4.78, 5) is 16.5. The van der Waals surface area contributed by atoms with Gasteiger partial charge in [-0.05, 0) is 44.5 Å². The molecule has 5 heteroatoms. The molecule has 1 aromatic rings. The van der Waals surface area contributed by atoms with Crippen molar-refractivity contribution < 1.29 is 9.53 Å². The third-order valence-electron chi connectivity index (χ3n) is 3.75. The second-order valence-corrected chi connectivity index (χ2v) is 4.93. The summed E-state index contributed by atoms with van der Waals surface area (Å²) in [7, 11) is 1.61. The molecule has 1 saturated heterocycles. The van der Waals surface area contributed by atoms with Crippen LogP contribution in [0, 0.1) is 0 Å². The highest BCUT2D eigenvalue weighted by molar-refractivity contribution is 5.85. The maximum absolute atomic E-state index is 12.5. The van der Waals surface area contributed by atoms with Crippen LogP contribution in [0.1, 0.15) is 31.4 Å². The van der Waals surface area contributed by atoms with Crippen LogP contribution in [0.2, 0.25) is 0 Å². The first kappa shape index (κ1) is 14.0. The van der Waals surface area contributed by atoms with E-state index in [2.05, 4.69) is 15.6 Å². The lowest BCUT2D eigenvalue weighted by molar-refractivity contribution is -0.147. The Kier molecular flexibility index (Phi) is 4.50. The van der Waals surface area contributed by atoms with E-state index in [1.165, 1.54) is 0 Å². The van der Waals surface area contributed by atoms with Crippen molar-refractivity contribution in [3.8, 4) is 0 Å². The van der Waals surface area contributed by atoms with Gasteiger partial charge in [-0.15, -0.1) is 0 Å². The van der Waals surface area contributed by atoms with Crippen molar-refractivity contribution in [2.45, 2.75) is 31.4 Å². The molecule has 2 N–H and O–H groups in total. The summed E-state index contributed by atoms with van der Waals surface area (Å²) < 4.78 is 5.51. The third-order valence-corrected chi connectivity index (χ3v) is 3.75. The van der Waals surface area contributed by atoms with Gasteiger partial charge in [0.25, 0.3) is 5.91 Å². The lowest BCUT2D eigenvalue weighted by Crippen LogP contribution is -2.54. The molecule has 2 heterocycles. The quantitative estimate of drug-likeness (QED) is 0.851. The van der Waals surface area contributed by atoms with E-state index in [9.17, 15) is 4.79 Å². The Morgan fingerprint density at radius 1 is 1.53 bits per heavy atom. The van der Waals surface area contributed by atoms with Crippen LogP contribution in [0.5, 0.6) is 0 Å². The van der Waals surface area contributed by atoms with Crippen LogP contribution in [-0.2, 0) is 9.53 Å². The fourth-order valence-corrected chi connectivity index (χ4v) is 2.40. The largest absolute Gasteiger partial charge is 0.368 e. The van der Waals surface area contributed by atoms with E-state index in [1.54, 1.807) is 19.5 Å². The molecular formula is C14H21N3O2. The lowest BCUT2D eigenvalue weighted by atomic mass is 9.90.